The smallest absolute Gasteiger partial charge is 0.438 e. The molecule has 0 radical (unpaired) electrons. The molecule has 1 aliphatic carbocycles. The highest BCUT2D eigenvalue weighted by Gasteiger charge is 2.30. The number of nitrogens with zero attached hydrogens (tertiary/aromatic N) is 2. The van der Waals surface area contributed by atoms with Gasteiger partial charge in [-0.15, -0.1) is 0 Å². The second-order valence-corrected chi connectivity index (χ2v) is 8.29. The molecule has 2 aromatic heterocycles. The van der Waals surface area contributed by atoms with Gasteiger partial charge in [-0.05, 0) is 80.0 Å². The molecule has 0 unspecified atom stereocenters. The van der Waals surface area contributed by atoms with Crippen molar-refractivity contribution in [3.05, 3.63) is 61.4 Å². The summed E-state index contributed by atoms with van der Waals surface area (Å²) in [6, 6.07) is 4.16. The highest BCUT2D eigenvalue weighted by molar-refractivity contribution is 5.92. The molecule has 0 saturated heterocycles. The molecular formula is C24H24N2O4. The summed E-state index contributed by atoms with van der Waals surface area (Å²) in [6.45, 7) is 6.62. The summed E-state index contributed by atoms with van der Waals surface area (Å²) in [4.78, 5) is 29.6. The van der Waals surface area contributed by atoms with Gasteiger partial charge in [0.2, 0.25) is 0 Å². The topological polar surface area (TPSA) is 70.4 Å². The van der Waals surface area contributed by atoms with Crippen molar-refractivity contribution in [3.63, 3.8) is 0 Å². The van der Waals surface area contributed by atoms with Gasteiger partial charge in [0.25, 0.3) is 5.56 Å². The Balaban J connectivity index is 1.70. The number of methoxy groups -OCH3 is 1. The van der Waals surface area contributed by atoms with Crippen molar-refractivity contribution in [2.24, 2.45) is 0 Å². The van der Waals surface area contributed by atoms with Gasteiger partial charge in [0.1, 0.15) is 6.61 Å². The molecule has 1 aromatic carbocycles. The van der Waals surface area contributed by atoms with Crippen LogP contribution in [0, 0.1) is 20.8 Å². The first-order valence-electron chi connectivity index (χ1n) is 10.3. The molecule has 30 heavy (non-hydrogen) atoms. The average molecular weight is 404 g/mol. The summed E-state index contributed by atoms with van der Waals surface area (Å²) in [7, 11) is 1.25. The number of fused-ring (bicyclic) bond motifs is 4. The van der Waals surface area contributed by atoms with E-state index in [4.69, 9.17) is 9.72 Å². The third kappa shape index (κ3) is 2.59. The normalized spacial score (nSPS) is 13.9. The number of hydrogen-bond donors (Lipinski definition) is 0. The third-order valence-electron chi connectivity index (χ3n) is 6.68. The van der Waals surface area contributed by atoms with Crippen molar-refractivity contribution >= 4 is 17.1 Å². The Kier molecular flexibility index (Phi) is 4.20. The molecule has 0 atom stereocenters. The van der Waals surface area contributed by atoms with Crippen LogP contribution in [0.5, 0.6) is 0 Å². The zero-order chi connectivity index (χ0) is 21.2. The van der Waals surface area contributed by atoms with Crippen LogP contribution in [-0.2, 0) is 35.5 Å². The van der Waals surface area contributed by atoms with Crippen LogP contribution in [0.3, 0.4) is 0 Å². The first kappa shape index (κ1) is 18.9. The Bertz CT molecular complexity index is 1300. The van der Waals surface area contributed by atoms with Gasteiger partial charge in [0, 0.05) is 10.9 Å². The lowest BCUT2D eigenvalue weighted by Crippen LogP contribution is -2.25. The maximum atomic E-state index is 13.2. The van der Waals surface area contributed by atoms with Crippen molar-refractivity contribution in [1.29, 1.82) is 0 Å². The van der Waals surface area contributed by atoms with Gasteiger partial charge in [0.05, 0.1) is 36.1 Å². The van der Waals surface area contributed by atoms with Crippen LogP contribution in [0.1, 0.15) is 45.4 Å². The van der Waals surface area contributed by atoms with Gasteiger partial charge in [-0.2, -0.15) is 0 Å². The zero-order valence-corrected chi connectivity index (χ0v) is 17.7. The number of hydrogen-bond acceptors (Lipinski definition) is 5. The second kappa shape index (κ2) is 6.69. The molecule has 154 valence electrons. The molecule has 2 aliphatic rings. The average Bonchev–Trinajstić information content (AvgIpc) is 3.10. The number of rotatable bonds is 2. The highest BCUT2D eigenvalue weighted by Crippen LogP contribution is 2.41. The maximum absolute atomic E-state index is 13.2. The molecule has 0 spiro atoms. The number of pyridine rings is 2. The summed E-state index contributed by atoms with van der Waals surface area (Å²) < 4.78 is 11.3. The standard InChI is InChI=1S/C24H24N2O4/c1-12-8-19-21-15(14(12)3)6-5-7-16(21)17-10-26-20(22(17)25-19)9-13(2)18(23(26)27)11-30-24(28)29-4/h8-9H,5-7,10-11H2,1-4H3. The van der Waals surface area contributed by atoms with Crippen LogP contribution < -0.4 is 5.56 Å². The summed E-state index contributed by atoms with van der Waals surface area (Å²) in [5.74, 6) is 0. The van der Waals surface area contributed by atoms with Gasteiger partial charge in [-0.3, -0.25) is 4.79 Å². The number of aromatic nitrogens is 2. The van der Waals surface area contributed by atoms with Crippen LogP contribution in [0.4, 0.5) is 4.79 Å². The molecule has 0 fully saturated rings. The number of benzene rings is 1. The minimum atomic E-state index is -0.793. The molecule has 5 rings (SSSR count). The Morgan fingerprint density at radius 1 is 1.10 bits per heavy atom. The first-order valence-corrected chi connectivity index (χ1v) is 10.3. The molecule has 3 aromatic rings. The van der Waals surface area contributed by atoms with E-state index in [1.54, 1.807) is 4.57 Å². The molecule has 0 bridgehead atoms. The van der Waals surface area contributed by atoms with Crippen LogP contribution in [0.15, 0.2) is 16.9 Å². The van der Waals surface area contributed by atoms with Crippen LogP contribution >= 0.6 is 0 Å². The fourth-order valence-electron chi connectivity index (χ4n) is 4.97. The SMILES string of the molecule is COC(=O)OCc1c(C)cc2n(c1=O)Cc1c-2nc2cc(C)c(C)c3c2c1CCC3. The lowest BCUT2D eigenvalue weighted by molar-refractivity contribution is 0.0664. The first-order chi connectivity index (χ1) is 14.4. The summed E-state index contributed by atoms with van der Waals surface area (Å²) in [6.07, 6.45) is 2.42. The van der Waals surface area contributed by atoms with Crippen molar-refractivity contribution in [3.8, 4) is 11.4 Å². The van der Waals surface area contributed by atoms with E-state index in [0.29, 0.717) is 12.1 Å². The summed E-state index contributed by atoms with van der Waals surface area (Å²) in [5.41, 5.74) is 10.4. The highest BCUT2D eigenvalue weighted by atomic mass is 16.7. The molecule has 0 saturated carbocycles. The predicted octanol–water partition coefficient (Wildman–Crippen LogP) is 4.12. The van der Waals surface area contributed by atoms with Gasteiger partial charge >= 0.3 is 6.16 Å². The second-order valence-electron chi connectivity index (χ2n) is 8.29. The quantitative estimate of drug-likeness (QED) is 0.470. The molecule has 6 heteroatoms. The van der Waals surface area contributed by atoms with E-state index in [1.165, 1.54) is 34.7 Å². The number of carbonyl (C=O) groups excluding carboxylic acids is 1. The summed E-state index contributed by atoms with van der Waals surface area (Å²) in [5, 5.41) is 1.29. The Hall–Kier alpha value is -3.15. The Morgan fingerprint density at radius 3 is 2.63 bits per heavy atom. The molecular weight excluding hydrogens is 380 g/mol. The minimum absolute atomic E-state index is 0.0984. The molecule has 0 N–H and O–H groups in total. The van der Waals surface area contributed by atoms with Gasteiger partial charge in [-0.25, -0.2) is 9.78 Å². The number of carbonyl (C=O) groups is 1. The van der Waals surface area contributed by atoms with Crippen LogP contribution in [-0.4, -0.2) is 22.8 Å². The predicted molar refractivity (Wildman–Crippen MR) is 114 cm³/mol. The lowest BCUT2D eigenvalue weighted by atomic mass is 9.83. The van der Waals surface area contributed by atoms with Crippen molar-refractivity contribution in [2.75, 3.05) is 7.11 Å². The van der Waals surface area contributed by atoms with E-state index in [9.17, 15) is 9.59 Å². The monoisotopic (exact) mass is 404 g/mol. The molecule has 3 heterocycles. The molecule has 0 amide bonds. The van der Waals surface area contributed by atoms with Gasteiger partial charge in [-0.1, -0.05) is 0 Å². The fraction of sp³-hybridized carbons (Fsp3) is 0.375. The zero-order valence-electron chi connectivity index (χ0n) is 17.7. The molecule has 1 aliphatic heterocycles. The van der Waals surface area contributed by atoms with E-state index in [1.807, 2.05) is 13.0 Å². The Morgan fingerprint density at radius 2 is 1.87 bits per heavy atom. The van der Waals surface area contributed by atoms with Crippen molar-refractivity contribution in [1.82, 2.24) is 9.55 Å². The van der Waals surface area contributed by atoms with E-state index in [0.717, 1.165) is 47.3 Å². The summed E-state index contributed by atoms with van der Waals surface area (Å²) >= 11 is 0. The van der Waals surface area contributed by atoms with E-state index < -0.39 is 6.16 Å². The van der Waals surface area contributed by atoms with Crippen LogP contribution in [0.2, 0.25) is 0 Å². The van der Waals surface area contributed by atoms with E-state index >= 15 is 0 Å². The van der Waals surface area contributed by atoms with Gasteiger partial charge < -0.3 is 14.0 Å². The largest absolute Gasteiger partial charge is 0.508 e. The lowest BCUT2D eigenvalue weighted by Gasteiger charge is -2.22. The maximum Gasteiger partial charge on any atom is 0.508 e. The number of aryl methyl sites for hydroxylation is 4. The van der Waals surface area contributed by atoms with E-state index in [2.05, 4.69) is 24.7 Å². The van der Waals surface area contributed by atoms with Gasteiger partial charge in [0.15, 0.2) is 0 Å². The van der Waals surface area contributed by atoms with Crippen molar-refractivity contribution < 1.29 is 14.3 Å². The fourth-order valence-corrected chi connectivity index (χ4v) is 4.97. The number of ether oxygens (including phenoxy) is 2. The molecule has 6 nitrogen and oxygen atoms in total. The van der Waals surface area contributed by atoms with Crippen molar-refractivity contribution in [2.45, 2.75) is 53.2 Å². The Labute approximate surface area is 174 Å². The minimum Gasteiger partial charge on any atom is -0.438 e. The van der Waals surface area contributed by atoms with E-state index in [-0.39, 0.29) is 12.2 Å². The third-order valence-corrected chi connectivity index (χ3v) is 6.68. The van der Waals surface area contributed by atoms with Crippen LogP contribution in [0.25, 0.3) is 22.3 Å².